The van der Waals surface area contributed by atoms with Crippen molar-refractivity contribution in [3.05, 3.63) is 106 Å². The van der Waals surface area contributed by atoms with E-state index in [0.29, 0.717) is 54.8 Å². The maximum absolute atomic E-state index is 12.1. The predicted molar refractivity (Wildman–Crippen MR) is 168 cm³/mol. The summed E-state index contributed by atoms with van der Waals surface area (Å²) in [5.74, 6) is 0.441. The number of aromatic nitrogens is 1. The highest BCUT2D eigenvalue weighted by molar-refractivity contribution is 7.86. The predicted octanol–water partition coefficient (Wildman–Crippen LogP) is 6.23. The number of hydrogen-bond donors (Lipinski definition) is 2. The third kappa shape index (κ3) is 6.18. The monoisotopic (exact) mass is 673 g/mol. The molecule has 0 amide bonds. The number of nitrogens with zero attached hydrogens (tertiary/aromatic N) is 2. The molecular formula is C30H23Cl2N2O8S2+. The van der Waals surface area contributed by atoms with Crippen molar-refractivity contribution in [3.63, 3.8) is 0 Å². The van der Waals surface area contributed by atoms with Crippen LogP contribution in [0.3, 0.4) is 0 Å². The van der Waals surface area contributed by atoms with Gasteiger partial charge in [0.05, 0.1) is 11.4 Å². The topological polar surface area (TPSA) is 138 Å². The van der Waals surface area contributed by atoms with Crippen molar-refractivity contribution in [1.82, 2.24) is 0 Å². The zero-order chi connectivity index (χ0) is 31.2. The van der Waals surface area contributed by atoms with Crippen LogP contribution in [0.1, 0.15) is 11.5 Å². The van der Waals surface area contributed by atoms with Crippen LogP contribution < -0.4 is 14.2 Å². The standard InChI is InChI=1S/C30H22Cl2N2O8S2/c31-21-9-11-25-23(16-21)33(13-3-7-20-5-1-4-19-6-2-8-27(30(19)20)44(38,39)40)28(41-25)18-29-34(14-15-43(35,36)37)24-17-22(32)10-12-26(24)42-29/h1-12,16-18H,13-15H2,(H-,35,36,37,38,39,40)/p+1. The first-order valence-corrected chi connectivity index (χ1v) is 16.9. The summed E-state index contributed by atoms with van der Waals surface area (Å²) in [6, 6.07) is 20.0. The molecule has 5 aromatic rings. The van der Waals surface area contributed by atoms with Crippen LogP contribution in [0.2, 0.25) is 10.0 Å². The summed E-state index contributed by atoms with van der Waals surface area (Å²) in [5, 5.41) is 1.90. The molecule has 44 heavy (non-hydrogen) atoms. The van der Waals surface area contributed by atoms with Gasteiger partial charge in [-0.2, -0.15) is 21.4 Å². The van der Waals surface area contributed by atoms with Crippen LogP contribution in [0, 0.1) is 0 Å². The van der Waals surface area contributed by atoms with Crippen LogP contribution in [-0.4, -0.2) is 38.2 Å². The summed E-state index contributed by atoms with van der Waals surface area (Å²) in [6.07, 6.45) is 5.13. The zero-order valence-corrected chi connectivity index (χ0v) is 25.7. The zero-order valence-electron chi connectivity index (χ0n) is 22.6. The number of halogens is 2. The van der Waals surface area contributed by atoms with Gasteiger partial charge in [0, 0.05) is 28.0 Å². The molecule has 2 heterocycles. The normalized spacial score (nSPS) is 14.6. The molecule has 1 aromatic heterocycles. The Balaban J connectivity index is 1.42. The summed E-state index contributed by atoms with van der Waals surface area (Å²) in [4.78, 5) is 1.37. The highest BCUT2D eigenvalue weighted by Crippen LogP contribution is 2.41. The molecule has 6 rings (SSSR count). The van der Waals surface area contributed by atoms with Crippen molar-refractivity contribution >= 4 is 83.1 Å². The minimum atomic E-state index is -4.48. The summed E-state index contributed by atoms with van der Waals surface area (Å²) in [7, 11) is -8.76. The molecule has 1 aliphatic heterocycles. The van der Waals surface area contributed by atoms with Crippen molar-refractivity contribution in [2.24, 2.45) is 0 Å². The lowest BCUT2D eigenvalue weighted by atomic mass is 10.0. The Hall–Kier alpha value is -3.91. The summed E-state index contributed by atoms with van der Waals surface area (Å²) >= 11 is 12.5. The summed E-state index contributed by atoms with van der Waals surface area (Å²) < 4.78 is 80.6. The number of benzene rings is 4. The Morgan fingerprint density at radius 3 is 2.39 bits per heavy atom. The average Bonchev–Trinajstić information content (AvgIpc) is 3.47. The second-order valence-corrected chi connectivity index (χ2v) is 13.7. The molecule has 14 heteroatoms. The second-order valence-electron chi connectivity index (χ2n) is 9.88. The Bertz CT molecular complexity index is 2220. The van der Waals surface area contributed by atoms with Gasteiger partial charge in [-0.1, -0.05) is 59.6 Å². The van der Waals surface area contributed by atoms with Crippen molar-refractivity contribution in [2.45, 2.75) is 11.4 Å². The number of hydrogen-bond acceptors (Lipinski definition) is 7. The fraction of sp³-hybridized carbons (Fsp3) is 0.100. The molecular weight excluding hydrogens is 651 g/mol. The molecule has 2 N–H and O–H groups in total. The number of allylic oxidation sites excluding steroid dienone is 1. The Labute approximate surface area is 262 Å². The Morgan fingerprint density at radius 2 is 1.64 bits per heavy atom. The minimum Gasteiger partial charge on any atom is -0.438 e. The molecule has 0 unspecified atom stereocenters. The highest BCUT2D eigenvalue weighted by Gasteiger charge is 2.31. The maximum Gasteiger partial charge on any atom is 0.379 e. The molecule has 0 saturated carbocycles. The third-order valence-corrected chi connectivity index (χ3v) is 9.03. The van der Waals surface area contributed by atoms with Gasteiger partial charge in [0.1, 0.15) is 11.0 Å². The largest absolute Gasteiger partial charge is 0.438 e. The summed E-state index contributed by atoms with van der Waals surface area (Å²) in [6.45, 7) is 0.113. The van der Waals surface area contributed by atoms with Gasteiger partial charge in [-0.3, -0.25) is 9.11 Å². The second kappa shape index (κ2) is 11.5. The van der Waals surface area contributed by atoms with Gasteiger partial charge in [-0.25, -0.2) is 0 Å². The van der Waals surface area contributed by atoms with E-state index >= 15 is 0 Å². The molecule has 0 saturated heterocycles. The van der Waals surface area contributed by atoms with E-state index in [1.807, 2.05) is 0 Å². The van der Waals surface area contributed by atoms with Crippen LogP contribution in [0.5, 0.6) is 5.75 Å². The van der Waals surface area contributed by atoms with Crippen molar-refractivity contribution in [3.8, 4) is 5.75 Å². The Morgan fingerprint density at radius 1 is 0.909 bits per heavy atom. The van der Waals surface area contributed by atoms with Gasteiger partial charge < -0.3 is 14.1 Å². The van der Waals surface area contributed by atoms with Crippen LogP contribution >= 0.6 is 23.2 Å². The fourth-order valence-corrected chi connectivity index (χ4v) is 6.56. The van der Waals surface area contributed by atoms with Gasteiger partial charge in [0.2, 0.25) is 11.5 Å². The van der Waals surface area contributed by atoms with E-state index in [1.54, 1.807) is 94.4 Å². The van der Waals surface area contributed by atoms with E-state index in [-0.39, 0.29) is 23.9 Å². The summed E-state index contributed by atoms with van der Waals surface area (Å²) in [5.41, 5.74) is 2.25. The van der Waals surface area contributed by atoms with Gasteiger partial charge in [0.15, 0.2) is 12.3 Å². The van der Waals surface area contributed by atoms with E-state index in [1.165, 1.54) is 6.07 Å². The molecule has 0 fully saturated rings. The molecule has 0 spiro atoms. The lowest BCUT2D eigenvalue weighted by Gasteiger charge is -2.16. The first-order valence-electron chi connectivity index (χ1n) is 13.1. The lowest BCUT2D eigenvalue weighted by Crippen LogP contribution is -2.35. The molecule has 0 bridgehead atoms. The van der Waals surface area contributed by atoms with Gasteiger partial charge >= 0.3 is 5.89 Å². The van der Waals surface area contributed by atoms with Crippen LogP contribution in [-0.2, 0) is 26.8 Å². The van der Waals surface area contributed by atoms with Gasteiger partial charge in [0.25, 0.3) is 25.8 Å². The van der Waals surface area contributed by atoms with Crippen molar-refractivity contribution in [1.29, 1.82) is 0 Å². The number of anilines is 1. The molecule has 0 aliphatic carbocycles. The van der Waals surface area contributed by atoms with E-state index in [4.69, 9.17) is 32.4 Å². The quantitative estimate of drug-likeness (QED) is 0.145. The maximum atomic E-state index is 12.1. The molecule has 0 atom stereocenters. The molecule has 0 radical (unpaired) electrons. The highest BCUT2D eigenvalue weighted by atomic mass is 35.5. The van der Waals surface area contributed by atoms with Crippen molar-refractivity contribution in [2.75, 3.05) is 17.2 Å². The van der Waals surface area contributed by atoms with Crippen LogP contribution in [0.15, 0.2) is 94.1 Å². The number of fused-ring (bicyclic) bond motifs is 3. The first-order chi connectivity index (χ1) is 20.9. The third-order valence-electron chi connectivity index (χ3n) is 6.97. The minimum absolute atomic E-state index is 0.124. The van der Waals surface area contributed by atoms with Crippen LogP contribution in [0.4, 0.5) is 5.69 Å². The number of rotatable bonds is 8. The first kappa shape index (κ1) is 30.1. The van der Waals surface area contributed by atoms with E-state index in [2.05, 4.69) is 0 Å². The lowest BCUT2D eigenvalue weighted by molar-refractivity contribution is -0.667. The van der Waals surface area contributed by atoms with E-state index < -0.39 is 26.0 Å². The molecule has 10 nitrogen and oxygen atoms in total. The smallest absolute Gasteiger partial charge is 0.379 e. The van der Waals surface area contributed by atoms with Gasteiger partial charge in [-0.05, 0) is 53.4 Å². The SMILES string of the molecule is O=S(=O)(O)CCN1C(=Cc2oc3ccc(Cl)cc3[n+]2CC=Cc2cccc3cccc(S(=O)(=O)O)c23)Oc2ccc(Cl)cc21. The number of ether oxygens (including phenoxy) is 1. The molecule has 1 aliphatic rings. The molecule has 4 aromatic carbocycles. The molecule has 226 valence electrons. The van der Waals surface area contributed by atoms with Crippen molar-refractivity contribution < 1.29 is 39.7 Å². The van der Waals surface area contributed by atoms with Gasteiger partial charge in [-0.15, -0.1) is 0 Å². The number of oxazole rings is 1. The Kier molecular flexibility index (Phi) is 7.91. The van der Waals surface area contributed by atoms with Crippen LogP contribution in [0.25, 0.3) is 34.0 Å². The average molecular weight is 675 g/mol. The fourth-order valence-electron chi connectivity index (χ4n) is 5.07. The van der Waals surface area contributed by atoms with E-state index in [0.717, 1.165) is 0 Å². The van der Waals surface area contributed by atoms with E-state index in [9.17, 15) is 25.9 Å².